The lowest BCUT2D eigenvalue weighted by Gasteiger charge is -2.43. The van der Waals surface area contributed by atoms with E-state index in [1.54, 1.807) is 12.3 Å². The maximum Gasteiger partial charge on any atom is 0.229 e. The van der Waals surface area contributed by atoms with Crippen LogP contribution in [0.1, 0.15) is 32.6 Å². The van der Waals surface area contributed by atoms with E-state index in [1.807, 2.05) is 6.92 Å². The summed E-state index contributed by atoms with van der Waals surface area (Å²) in [6.07, 6.45) is 7.00. The minimum atomic E-state index is -0.772. The van der Waals surface area contributed by atoms with Crippen LogP contribution in [0, 0.1) is 17.3 Å². The number of aliphatic hydroxyl groups is 1. The fraction of sp³-hybridized carbons (Fsp3) is 0.714. The molecule has 2 rings (SSSR count). The van der Waals surface area contributed by atoms with Gasteiger partial charge in [-0.1, -0.05) is 11.6 Å². The molecule has 1 saturated carbocycles. The fourth-order valence-corrected chi connectivity index (χ4v) is 3.69. The van der Waals surface area contributed by atoms with Gasteiger partial charge in [0.05, 0.1) is 16.5 Å². The Morgan fingerprint density at radius 2 is 2.16 bits per heavy atom. The van der Waals surface area contributed by atoms with Crippen LogP contribution in [-0.2, 0) is 4.79 Å². The summed E-state index contributed by atoms with van der Waals surface area (Å²) in [5.74, 6) is 0.166. The summed E-state index contributed by atoms with van der Waals surface area (Å²) in [5.41, 5.74) is 4.92. The van der Waals surface area contributed by atoms with E-state index in [1.165, 1.54) is 0 Å². The largest absolute Gasteiger partial charge is 0.396 e. The molecule has 0 aromatic rings. The van der Waals surface area contributed by atoms with Crippen molar-refractivity contribution in [1.29, 1.82) is 0 Å². The van der Waals surface area contributed by atoms with Gasteiger partial charge in [0, 0.05) is 12.8 Å². The molecule has 0 aromatic carbocycles. The summed E-state index contributed by atoms with van der Waals surface area (Å²) in [6, 6.07) is -0.178. The van der Waals surface area contributed by atoms with Crippen LogP contribution in [0.2, 0.25) is 0 Å². The van der Waals surface area contributed by atoms with Crippen molar-refractivity contribution in [3.63, 3.8) is 0 Å². The van der Waals surface area contributed by atoms with E-state index in [-0.39, 0.29) is 24.5 Å². The molecule has 0 bridgehead atoms. The molecule has 1 aliphatic heterocycles. The minimum absolute atomic E-state index is 0.161. The average Bonchev–Trinajstić information content (AvgIpc) is 2.41. The second-order valence-corrected chi connectivity index (χ2v) is 6.12. The molecule has 0 spiro atoms. The van der Waals surface area contributed by atoms with Gasteiger partial charge in [-0.15, -0.1) is 0 Å². The summed E-state index contributed by atoms with van der Waals surface area (Å²) in [6.45, 7) is 2.14. The second kappa shape index (κ2) is 5.63. The molecule has 106 valence electrons. The van der Waals surface area contributed by atoms with Crippen LogP contribution in [-0.4, -0.2) is 29.9 Å². The highest BCUT2D eigenvalue weighted by atomic mass is 35.5. The zero-order valence-corrected chi connectivity index (χ0v) is 11.9. The second-order valence-electron chi connectivity index (χ2n) is 5.68. The molecule has 1 aliphatic carbocycles. The summed E-state index contributed by atoms with van der Waals surface area (Å²) in [7, 11) is 0. The quantitative estimate of drug-likeness (QED) is 0.830. The van der Waals surface area contributed by atoms with Crippen LogP contribution in [0.15, 0.2) is 16.1 Å². The molecule has 0 aromatic heterocycles. The van der Waals surface area contributed by atoms with Crippen LogP contribution < -0.4 is 5.73 Å². The van der Waals surface area contributed by atoms with Crippen molar-refractivity contribution in [3.8, 4) is 0 Å². The molecule has 19 heavy (non-hydrogen) atoms. The number of aliphatic imine (C=N–C) groups is 1. The normalized spacial score (nSPS) is 38.9. The third kappa shape index (κ3) is 2.56. The number of amides is 1. The number of rotatable bonds is 3. The Morgan fingerprint density at radius 1 is 1.53 bits per heavy atom. The number of halogens is 1. The molecule has 1 heterocycles. The molecule has 2 atom stereocenters. The van der Waals surface area contributed by atoms with Crippen LogP contribution in [0.4, 0.5) is 0 Å². The Labute approximate surface area is 118 Å². The van der Waals surface area contributed by atoms with E-state index >= 15 is 0 Å². The molecular weight excluding hydrogens is 264 g/mol. The zero-order chi connectivity index (χ0) is 14.0. The number of aliphatic hydroxyl groups excluding tert-OH is 1. The van der Waals surface area contributed by atoms with Crippen molar-refractivity contribution < 1.29 is 9.90 Å². The Morgan fingerprint density at radius 3 is 2.68 bits per heavy atom. The number of carbonyl (C=O) groups excluding carboxylic acids is 1. The molecule has 0 radical (unpaired) electrons. The Balaban J connectivity index is 2.26. The van der Waals surface area contributed by atoms with Gasteiger partial charge in [0.15, 0.2) is 0 Å². The molecule has 4 nitrogen and oxygen atoms in total. The predicted molar refractivity (Wildman–Crippen MR) is 76.1 cm³/mol. The maximum absolute atomic E-state index is 12.1. The zero-order valence-electron chi connectivity index (χ0n) is 11.2. The van der Waals surface area contributed by atoms with E-state index in [4.69, 9.17) is 17.3 Å². The summed E-state index contributed by atoms with van der Waals surface area (Å²) in [4.78, 5) is 16.4. The number of hydrogen-bond donors (Lipinski definition) is 2. The Hall–Kier alpha value is -0.870. The van der Waals surface area contributed by atoms with Gasteiger partial charge in [-0.3, -0.25) is 9.79 Å². The monoisotopic (exact) mass is 284 g/mol. The van der Waals surface area contributed by atoms with Crippen LogP contribution in [0.25, 0.3) is 0 Å². The summed E-state index contributed by atoms with van der Waals surface area (Å²) in [5, 5.41) is 9.69. The smallest absolute Gasteiger partial charge is 0.229 e. The third-order valence-corrected chi connectivity index (χ3v) is 4.90. The van der Waals surface area contributed by atoms with Gasteiger partial charge in [-0.05, 0) is 50.5 Å². The summed E-state index contributed by atoms with van der Waals surface area (Å²) < 4.78 is 0. The molecular formula is C14H21ClN2O2. The summed E-state index contributed by atoms with van der Waals surface area (Å²) >= 11 is 6.05. The molecule has 5 heteroatoms. The first-order valence-electron chi connectivity index (χ1n) is 6.83. The van der Waals surface area contributed by atoms with Crippen molar-refractivity contribution in [2.75, 3.05) is 6.61 Å². The lowest BCUT2D eigenvalue weighted by Crippen LogP contribution is -2.51. The van der Waals surface area contributed by atoms with E-state index in [2.05, 4.69) is 4.99 Å². The Bertz CT molecular complexity index is 414. The van der Waals surface area contributed by atoms with Gasteiger partial charge in [-0.25, -0.2) is 0 Å². The van der Waals surface area contributed by atoms with E-state index in [9.17, 15) is 9.90 Å². The van der Waals surface area contributed by atoms with Crippen LogP contribution in [0.5, 0.6) is 0 Å². The third-order valence-electron chi connectivity index (χ3n) is 4.70. The molecule has 2 aliphatic rings. The van der Waals surface area contributed by atoms with Gasteiger partial charge in [-0.2, -0.15) is 0 Å². The number of allylic oxidation sites excluding steroid dienone is 1. The fourth-order valence-electron chi connectivity index (χ4n) is 3.45. The van der Waals surface area contributed by atoms with Gasteiger partial charge in [0.2, 0.25) is 5.91 Å². The van der Waals surface area contributed by atoms with Crippen molar-refractivity contribution >= 4 is 23.7 Å². The first-order valence-corrected chi connectivity index (χ1v) is 7.20. The number of hydrogen-bond acceptors (Lipinski definition) is 3. The van der Waals surface area contributed by atoms with E-state index < -0.39 is 5.41 Å². The van der Waals surface area contributed by atoms with Crippen molar-refractivity contribution in [3.05, 3.63) is 11.1 Å². The SMILES string of the molecule is CC1N=CC(Cl)=CC1(C(N)=O)C1CCC(CO)CC1. The lowest BCUT2D eigenvalue weighted by molar-refractivity contribution is -0.129. The van der Waals surface area contributed by atoms with E-state index in [0.717, 1.165) is 25.7 Å². The van der Waals surface area contributed by atoms with Gasteiger partial charge in [0.25, 0.3) is 0 Å². The number of nitrogens with zero attached hydrogens (tertiary/aromatic N) is 1. The first-order chi connectivity index (χ1) is 9.00. The maximum atomic E-state index is 12.1. The minimum Gasteiger partial charge on any atom is -0.396 e. The van der Waals surface area contributed by atoms with Crippen molar-refractivity contribution in [1.82, 2.24) is 0 Å². The highest BCUT2D eigenvalue weighted by Gasteiger charge is 2.49. The lowest BCUT2D eigenvalue weighted by atomic mass is 9.62. The predicted octanol–water partition coefficient (Wildman–Crippen LogP) is 1.85. The number of carbonyl (C=O) groups is 1. The molecule has 1 amide bonds. The average molecular weight is 285 g/mol. The first kappa shape index (κ1) is 14.5. The Kier molecular flexibility index (Phi) is 4.31. The number of dihydropyridines is 1. The van der Waals surface area contributed by atoms with Gasteiger partial charge < -0.3 is 10.8 Å². The highest BCUT2D eigenvalue weighted by Crippen LogP contribution is 2.46. The molecule has 3 N–H and O–H groups in total. The number of nitrogens with two attached hydrogens (primary N) is 1. The topological polar surface area (TPSA) is 75.7 Å². The van der Waals surface area contributed by atoms with Crippen molar-refractivity contribution in [2.45, 2.75) is 38.6 Å². The van der Waals surface area contributed by atoms with Crippen LogP contribution >= 0.6 is 11.6 Å². The van der Waals surface area contributed by atoms with E-state index in [0.29, 0.717) is 11.0 Å². The van der Waals surface area contributed by atoms with Crippen molar-refractivity contribution in [2.24, 2.45) is 28.0 Å². The van der Waals surface area contributed by atoms with Crippen LogP contribution in [0.3, 0.4) is 0 Å². The van der Waals surface area contributed by atoms with Gasteiger partial charge >= 0.3 is 0 Å². The number of primary amides is 1. The van der Waals surface area contributed by atoms with Gasteiger partial charge in [0.1, 0.15) is 0 Å². The molecule has 1 fully saturated rings. The molecule has 2 unspecified atom stereocenters. The standard InChI is InChI=1S/C14H21ClN2O2/c1-9-14(13(16)19,6-12(15)7-17-9)11-4-2-10(8-18)3-5-11/h6-7,9-11,18H,2-5,8H2,1H3,(H2,16,19). The highest BCUT2D eigenvalue weighted by molar-refractivity contribution is 6.39. The molecule has 0 saturated heterocycles.